The summed E-state index contributed by atoms with van der Waals surface area (Å²) in [4.78, 5) is 32.1. The molecule has 4 aliphatic rings. The van der Waals surface area contributed by atoms with Crippen LogP contribution in [0.25, 0.3) is 0 Å². The first-order valence-corrected chi connectivity index (χ1v) is 13.3. The number of likely N-dealkylation sites (tertiary alicyclic amines) is 1. The lowest BCUT2D eigenvalue weighted by Gasteiger charge is -2.51. The van der Waals surface area contributed by atoms with Crippen LogP contribution < -0.4 is 5.32 Å². The molecule has 4 aliphatic heterocycles. The highest BCUT2D eigenvalue weighted by Crippen LogP contribution is 2.44. The number of carbonyl (C=O) groups excluding carboxylic acids is 2. The fourth-order valence-corrected chi connectivity index (χ4v) is 7.06. The Kier molecular flexibility index (Phi) is 6.74. The zero-order valence-corrected chi connectivity index (χ0v) is 20.8. The van der Waals surface area contributed by atoms with Gasteiger partial charge in [-0.2, -0.15) is 0 Å². The minimum atomic E-state index is -0.119. The fraction of sp³-hybridized carbons (Fsp3) is 0.704. The van der Waals surface area contributed by atoms with Crippen LogP contribution in [-0.2, 0) is 16.7 Å². The van der Waals surface area contributed by atoms with Crippen LogP contribution in [0.1, 0.15) is 69.9 Å². The van der Waals surface area contributed by atoms with Gasteiger partial charge < -0.3 is 24.8 Å². The predicted molar refractivity (Wildman–Crippen MR) is 132 cm³/mol. The van der Waals surface area contributed by atoms with E-state index in [0.29, 0.717) is 31.3 Å². The molecule has 1 aromatic rings. The Morgan fingerprint density at radius 3 is 2.44 bits per heavy atom. The standard InChI is InChI=1S/C27H40N4O3/c1-3-13-28-25(32)30-18-20-7-5-6-8-24(20)27(19-30)11-14-29(15-12-27)23-16-21-9-10-22(17-23)31(21)26(33)34-4-2/h5-8,21-23H,3-4,9-19H2,1-2H3,(H,28,32). The molecule has 3 saturated heterocycles. The normalized spacial score (nSPS) is 28.0. The van der Waals surface area contributed by atoms with Crippen LogP contribution in [0.4, 0.5) is 9.59 Å². The lowest BCUT2D eigenvalue weighted by molar-refractivity contribution is 0.0219. The Bertz CT molecular complexity index is 884. The summed E-state index contributed by atoms with van der Waals surface area (Å²) in [6, 6.07) is 10.0. The van der Waals surface area contributed by atoms with Gasteiger partial charge in [-0.05, 0) is 76.1 Å². The Morgan fingerprint density at radius 1 is 1.06 bits per heavy atom. The molecule has 0 aliphatic carbocycles. The highest BCUT2D eigenvalue weighted by Gasteiger charge is 2.48. The van der Waals surface area contributed by atoms with E-state index in [4.69, 9.17) is 4.74 Å². The van der Waals surface area contributed by atoms with Crippen molar-refractivity contribution in [2.45, 2.75) is 88.9 Å². The van der Waals surface area contributed by atoms with Crippen LogP contribution in [0.15, 0.2) is 24.3 Å². The van der Waals surface area contributed by atoms with Crippen LogP contribution in [0.2, 0.25) is 0 Å². The quantitative estimate of drug-likeness (QED) is 0.722. The van der Waals surface area contributed by atoms with Gasteiger partial charge >= 0.3 is 12.1 Å². The summed E-state index contributed by atoms with van der Waals surface area (Å²) in [6.45, 7) is 8.77. The monoisotopic (exact) mass is 468 g/mol. The Morgan fingerprint density at radius 2 is 1.76 bits per heavy atom. The molecule has 0 saturated carbocycles. The lowest BCUT2D eigenvalue weighted by Crippen LogP contribution is -2.58. The number of nitrogens with one attached hydrogen (secondary N) is 1. The van der Waals surface area contributed by atoms with Gasteiger partial charge in [0.05, 0.1) is 6.61 Å². The molecular weight excluding hydrogens is 428 g/mol. The van der Waals surface area contributed by atoms with E-state index in [1.165, 1.54) is 11.1 Å². The Labute approximate surface area is 203 Å². The molecule has 0 aromatic heterocycles. The molecule has 3 amide bonds. The zero-order valence-electron chi connectivity index (χ0n) is 20.8. The molecule has 2 atom stereocenters. The highest BCUT2D eigenvalue weighted by atomic mass is 16.6. The van der Waals surface area contributed by atoms with Crippen LogP contribution in [0, 0.1) is 0 Å². The first-order valence-electron chi connectivity index (χ1n) is 13.3. The molecule has 7 nitrogen and oxygen atoms in total. The number of hydrogen-bond donors (Lipinski definition) is 1. The summed E-state index contributed by atoms with van der Waals surface area (Å²) in [5, 5.41) is 3.09. The molecule has 34 heavy (non-hydrogen) atoms. The smallest absolute Gasteiger partial charge is 0.410 e. The van der Waals surface area contributed by atoms with E-state index >= 15 is 0 Å². The van der Waals surface area contributed by atoms with Gasteiger partial charge in [0.1, 0.15) is 0 Å². The maximum absolute atomic E-state index is 12.9. The maximum Gasteiger partial charge on any atom is 0.410 e. The van der Waals surface area contributed by atoms with Gasteiger partial charge in [0.15, 0.2) is 0 Å². The molecule has 7 heteroatoms. The van der Waals surface area contributed by atoms with Crippen LogP contribution in [0.3, 0.4) is 0 Å². The summed E-state index contributed by atoms with van der Waals surface area (Å²) in [5.41, 5.74) is 2.79. The molecule has 186 valence electrons. The van der Waals surface area contributed by atoms with E-state index in [9.17, 15) is 9.59 Å². The van der Waals surface area contributed by atoms with E-state index in [2.05, 4.69) is 41.4 Å². The second kappa shape index (κ2) is 9.76. The number of nitrogens with zero attached hydrogens (tertiary/aromatic N) is 3. The summed E-state index contributed by atoms with van der Waals surface area (Å²) in [7, 11) is 0. The second-order valence-electron chi connectivity index (χ2n) is 10.7. The molecule has 1 spiro atoms. The Balaban J connectivity index is 1.27. The summed E-state index contributed by atoms with van der Waals surface area (Å²) >= 11 is 0. The third-order valence-corrected chi connectivity index (χ3v) is 8.72. The van der Waals surface area contributed by atoms with Crippen LogP contribution in [0.5, 0.6) is 0 Å². The van der Waals surface area contributed by atoms with E-state index in [0.717, 1.165) is 71.1 Å². The molecule has 3 fully saturated rings. The van der Waals surface area contributed by atoms with Crippen molar-refractivity contribution in [3.8, 4) is 0 Å². The van der Waals surface area contributed by atoms with Crippen molar-refractivity contribution in [1.82, 2.24) is 20.0 Å². The second-order valence-corrected chi connectivity index (χ2v) is 10.7. The van der Waals surface area contributed by atoms with E-state index in [1.807, 2.05) is 16.7 Å². The first kappa shape index (κ1) is 23.5. The molecule has 5 rings (SSSR count). The van der Waals surface area contributed by atoms with Gasteiger partial charge in [-0.25, -0.2) is 9.59 Å². The zero-order chi connectivity index (χ0) is 23.7. The molecule has 4 heterocycles. The van der Waals surface area contributed by atoms with E-state index < -0.39 is 0 Å². The summed E-state index contributed by atoms with van der Waals surface area (Å²) < 4.78 is 5.34. The maximum atomic E-state index is 12.9. The minimum absolute atomic E-state index is 0.0412. The van der Waals surface area contributed by atoms with Gasteiger partial charge in [0.2, 0.25) is 0 Å². The molecule has 1 N–H and O–H groups in total. The summed E-state index contributed by atoms with van der Waals surface area (Å²) in [6.07, 6.45) is 7.32. The number of benzene rings is 1. The first-order chi connectivity index (χ1) is 16.5. The topological polar surface area (TPSA) is 65.1 Å². The van der Waals surface area contributed by atoms with Crippen molar-refractivity contribution in [3.63, 3.8) is 0 Å². The van der Waals surface area contributed by atoms with Crippen molar-refractivity contribution in [2.24, 2.45) is 0 Å². The van der Waals surface area contributed by atoms with E-state index in [1.54, 1.807) is 0 Å². The number of fused-ring (bicyclic) bond motifs is 4. The molecular formula is C27H40N4O3. The van der Waals surface area contributed by atoms with Gasteiger partial charge in [-0.15, -0.1) is 0 Å². The SMILES string of the molecule is CCCNC(=O)N1Cc2ccccc2C2(CCN(C3CC4CCC(C3)N4C(=O)OCC)CC2)C1. The average Bonchev–Trinajstić information content (AvgIpc) is 3.12. The third kappa shape index (κ3) is 4.28. The minimum Gasteiger partial charge on any atom is -0.450 e. The number of ether oxygens (including phenoxy) is 1. The van der Waals surface area contributed by atoms with Crippen molar-refractivity contribution in [2.75, 3.05) is 32.8 Å². The number of carbonyl (C=O) groups is 2. The summed E-state index contributed by atoms with van der Waals surface area (Å²) in [5.74, 6) is 0. The molecule has 0 radical (unpaired) electrons. The van der Waals surface area contributed by atoms with Crippen LogP contribution >= 0.6 is 0 Å². The van der Waals surface area contributed by atoms with Crippen molar-refractivity contribution in [3.05, 3.63) is 35.4 Å². The number of amides is 3. The molecule has 1 aromatic carbocycles. The van der Waals surface area contributed by atoms with Gasteiger partial charge in [-0.3, -0.25) is 0 Å². The van der Waals surface area contributed by atoms with Gasteiger partial charge in [0.25, 0.3) is 0 Å². The van der Waals surface area contributed by atoms with E-state index in [-0.39, 0.29) is 17.5 Å². The van der Waals surface area contributed by atoms with Crippen molar-refractivity contribution >= 4 is 12.1 Å². The lowest BCUT2D eigenvalue weighted by atomic mass is 9.68. The third-order valence-electron chi connectivity index (χ3n) is 8.72. The Hall–Kier alpha value is -2.28. The molecule has 2 bridgehead atoms. The van der Waals surface area contributed by atoms with Gasteiger partial charge in [0, 0.05) is 43.2 Å². The average molecular weight is 469 g/mol. The number of piperidine rings is 2. The van der Waals surface area contributed by atoms with Crippen molar-refractivity contribution < 1.29 is 14.3 Å². The van der Waals surface area contributed by atoms with Gasteiger partial charge in [-0.1, -0.05) is 31.2 Å². The highest BCUT2D eigenvalue weighted by molar-refractivity contribution is 5.75. The number of urea groups is 1. The largest absolute Gasteiger partial charge is 0.450 e. The van der Waals surface area contributed by atoms with Crippen LogP contribution in [-0.4, -0.2) is 77.7 Å². The predicted octanol–water partition coefficient (Wildman–Crippen LogP) is 4.11. The number of hydrogen-bond acceptors (Lipinski definition) is 4. The van der Waals surface area contributed by atoms with Crippen molar-refractivity contribution in [1.29, 1.82) is 0 Å². The fourth-order valence-electron chi connectivity index (χ4n) is 7.06. The number of rotatable bonds is 4. The molecule has 2 unspecified atom stereocenters.